The summed E-state index contributed by atoms with van der Waals surface area (Å²) in [6.07, 6.45) is 2.02. The molecule has 0 unspecified atom stereocenters. The van der Waals surface area contributed by atoms with Crippen molar-refractivity contribution >= 4 is 36.6 Å². The Hall–Kier alpha value is -3.44. The number of aromatic nitrogens is 2. The second-order valence-corrected chi connectivity index (χ2v) is 16.0. The van der Waals surface area contributed by atoms with Gasteiger partial charge in [-0.1, -0.05) is 37.7 Å². The maximum Gasteiger partial charge on any atom is 0.410 e. The van der Waals surface area contributed by atoms with E-state index in [2.05, 4.69) is 46.4 Å². The van der Waals surface area contributed by atoms with E-state index in [1.807, 2.05) is 39.0 Å². The number of carbonyl (C=O) groups excluding carboxylic acids is 1. The molecule has 2 heterocycles. The van der Waals surface area contributed by atoms with E-state index >= 15 is 4.39 Å². The van der Waals surface area contributed by atoms with Gasteiger partial charge in [-0.05, 0) is 57.0 Å². The van der Waals surface area contributed by atoms with Crippen LogP contribution in [0.15, 0.2) is 42.7 Å². The Morgan fingerprint density at radius 1 is 1.19 bits per heavy atom. The molecule has 2 aromatic carbocycles. The van der Waals surface area contributed by atoms with Gasteiger partial charge < -0.3 is 15.0 Å². The molecular formula is C28H33FN4O2Si. The van der Waals surface area contributed by atoms with Gasteiger partial charge >= 0.3 is 6.09 Å². The number of ether oxygens (including phenoxy) is 1. The van der Waals surface area contributed by atoms with Crippen LogP contribution in [-0.2, 0) is 4.74 Å². The number of rotatable bonds is 3. The first kappa shape index (κ1) is 25.6. The van der Waals surface area contributed by atoms with Crippen molar-refractivity contribution in [2.24, 2.45) is 0 Å². The predicted molar refractivity (Wildman–Crippen MR) is 145 cm³/mol. The largest absolute Gasteiger partial charge is 0.444 e. The molecular weight excluding hydrogens is 471 g/mol. The van der Waals surface area contributed by atoms with E-state index in [-0.39, 0.29) is 12.0 Å². The lowest BCUT2D eigenvalue weighted by atomic mass is 9.97. The third-order valence-electron chi connectivity index (χ3n) is 5.79. The van der Waals surface area contributed by atoms with Crippen LogP contribution in [-0.4, -0.2) is 47.7 Å². The highest BCUT2D eigenvalue weighted by atomic mass is 28.3. The maximum absolute atomic E-state index is 15.3. The fourth-order valence-corrected chi connectivity index (χ4v) is 4.57. The Morgan fingerprint density at radius 2 is 1.97 bits per heavy atom. The fraction of sp³-hybridized carbons (Fsp3) is 0.393. The summed E-state index contributed by atoms with van der Waals surface area (Å²) in [4.78, 5) is 23.0. The molecule has 1 atom stereocenters. The summed E-state index contributed by atoms with van der Waals surface area (Å²) in [5.74, 6) is 3.32. The summed E-state index contributed by atoms with van der Waals surface area (Å²) in [6.45, 7) is 13.2. The average Bonchev–Trinajstić information content (AvgIpc) is 3.28. The third kappa shape index (κ3) is 6.21. The molecule has 1 aliphatic rings. The molecule has 0 radical (unpaired) electrons. The van der Waals surface area contributed by atoms with Gasteiger partial charge in [0.2, 0.25) is 0 Å². The summed E-state index contributed by atoms with van der Waals surface area (Å²) in [5, 5.41) is 3.95. The Morgan fingerprint density at radius 3 is 2.69 bits per heavy atom. The van der Waals surface area contributed by atoms with Crippen molar-refractivity contribution in [3.05, 3.63) is 59.7 Å². The van der Waals surface area contributed by atoms with E-state index in [9.17, 15) is 4.79 Å². The second kappa shape index (κ2) is 9.90. The summed E-state index contributed by atoms with van der Waals surface area (Å²) < 4.78 is 20.8. The SMILES string of the molecule is CC(C)(C)OC(=O)N1CC[C@@H](c2ccc3ncnc(Nc4cccc(C#C[Si](C)(C)C)c4F)c3c2)C1. The first-order valence-electron chi connectivity index (χ1n) is 12.2. The monoisotopic (exact) mass is 504 g/mol. The number of fused-ring (bicyclic) bond motifs is 1. The van der Waals surface area contributed by atoms with Gasteiger partial charge in [-0.3, -0.25) is 0 Å². The van der Waals surface area contributed by atoms with Gasteiger partial charge in [0, 0.05) is 24.4 Å². The Labute approximate surface area is 213 Å². The molecule has 1 N–H and O–H groups in total. The number of anilines is 2. The van der Waals surface area contributed by atoms with Crippen molar-refractivity contribution in [1.29, 1.82) is 0 Å². The van der Waals surface area contributed by atoms with Crippen LogP contribution < -0.4 is 5.32 Å². The van der Waals surface area contributed by atoms with Crippen LogP contribution in [0.4, 0.5) is 20.7 Å². The smallest absolute Gasteiger partial charge is 0.410 e. The predicted octanol–water partition coefficient (Wildman–Crippen LogP) is 6.47. The van der Waals surface area contributed by atoms with Gasteiger partial charge in [0.1, 0.15) is 25.8 Å². The fourth-order valence-electron chi connectivity index (χ4n) is 4.06. The summed E-state index contributed by atoms with van der Waals surface area (Å²) in [6, 6.07) is 11.2. The minimum absolute atomic E-state index is 0.173. The highest BCUT2D eigenvalue weighted by Crippen LogP contribution is 2.32. The Balaban J connectivity index is 1.59. The van der Waals surface area contributed by atoms with Gasteiger partial charge in [-0.15, -0.1) is 5.54 Å². The van der Waals surface area contributed by atoms with Gasteiger partial charge in [-0.2, -0.15) is 0 Å². The van der Waals surface area contributed by atoms with E-state index in [4.69, 9.17) is 4.74 Å². The standard InChI is InChI=1S/C28H33FN4O2Si/c1-28(2,3)35-27(34)33-14-12-21(17-33)20-10-11-23-22(16-20)26(31-18-30-23)32-24-9-7-8-19(25(24)29)13-15-36(4,5)6/h7-11,16,18,21H,12,14,17H2,1-6H3,(H,30,31,32)/t21-/m1/s1. The quantitative estimate of drug-likeness (QED) is 0.327. The van der Waals surface area contributed by atoms with Crippen LogP contribution >= 0.6 is 0 Å². The lowest BCUT2D eigenvalue weighted by Gasteiger charge is -2.24. The zero-order valence-electron chi connectivity index (χ0n) is 21.8. The lowest BCUT2D eigenvalue weighted by Crippen LogP contribution is -2.35. The van der Waals surface area contributed by atoms with Crippen molar-refractivity contribution in [2.45, 2.75) is 58.4 Å². The van der Waals surface area contributed by atoms with Gasteiger partial charge in [-0.25, -0.2) is 19.2 Å². The molecule has 0 bridgehead atoms. The van der Waals surface area contributed by atoms with Crippen LogP contribution in [0.1, 0.15) is 44.2 Å². The minimum Gasteiger partial charge on any atom is -0.444 e. The van der Waals surface area contributed by atoms with Crippen molar-refractivity contribution < 1.29 is 13.9 Å². The number of likely N-dealkylation sites (tertiary alicyclic amines) is 1. The topological polar surface area (TPSA) is 67.3 Å². The minimum atomic E-state index is -1.64. The van der Waals surface area contributed by atoms with Crippen LogP contribution in [0.3, 0.4) is 0 Å². The Bertz CT molecular complexity index is 1350. The summed E-state index contributed by atoms with van der Waals surface area (Å²) in [5.41, 5.74) is 5.23. The molecule has 1 aliphatic heterocycles. The number of benzene rings is 2. The molecule has 0 spiro atoms. The first-order chi connectivity index (χ1) is 16.9. The number of hydrogen-bond acceptors (Lipinski definition) is 5. The Kier molecular flexibility index (Phi) is 7.05. The van der Waals surface area contributed by atoms with Gasteiger partial charge in [0.05, 0.1) is 16.8 Å². The number of halogens is 1. The molecule has 1 fully saturated rings. The van der Waals surface area contributed by atoms with Crippen LogP contribution in [0.2, 0.25) is 19.6 Å². The molecule has 6 nitrogen and oxygen atoms in total. The zero-order chi connectivity index (χ0) is 26.1. The van der Waals surface area contributed by atoms with E-state index in [0.717, 1.165) is 22.9 Å². The maximum atomic E-state index is 15.3. The first-order valence-corrected chi connectivity index (χ1v) is 15.7. The summed E-state index contributed by atoms with van der Waals surface area (Å²) >= 11 is 0. The molecule has 1 saturated heterocycles. The number of hydrogen-bond donors (Lipinski definition) is 1. The molecule has 8 heteroatoms. The van der Waals surface area contributed by atoms with Crippen molar-refractivity contribution in [1.82, 2.24) is 14.9 Å². The van der Waals surface area contributed by atoms with Crippen LogP contribution in [0.5, 0.6) is 0 Å². The lowest BCUT2D eigenvalue weighted by molar-refractivity contribution is 0.0292. The van der Waals surface area contributed by atoms with Gasteiger partial charge in [0.25, 0.3) is 0 Å². The van der Waals surface area contributed by atoms with Crippen molar-refractivity contribution in [3.63, 3.8) is 0 Å². The molecule has 4 rings (SSSR count). The highest BCUT2D eigenvalue weighted by molar-refractivity contribution is 6.83. The number of nitrogens with one attached hydrogen (secondary N) is 1. The van der Waals surface area contributed by atoms with Crippen LogP contribution in [0.25, 0.3) is 10.9 Å². The van der Waals surface area contributed by atoms with E-state index < -0.39 is 19.5 Å². The van der Waals surface area contributed by atoms with Crippen LogP contribution in [0, 0.1) is 17.3 Å². The molecule has 0 saturated carbocycles. The number of carbonyl (C=O) groups is 1. The number of amides is 1. The molecule has 1 amide bonds. The number of nitrogens with zero attached hydrogens (tertiary/aromatic N) is 3. The average molecular weight is 505 g/mol. The van der Waals surface area contributed by atoms with Crippen molar-refractivity contribution in [2.75, 3.05) is 18.4 Å². The van der Waals surface area contributed by atoms with E-state index in [1.54, 1.807) is 23.1 Å². The highest BCUT2D eigenvalue weighted by Gasteiger charge is 2.30. The third-order valence-corrected chi connectivity index (χ3v) is 6.67. The normalized spacial score (nSPS) is 16.0. The van der Waals surface area contributed by atoms with E-state index in [0.29, 0.717) is 30.2 Å². The molecule has 1 aromatic heterocycles. The van der Waals surface area contributed by atoms with Gasteiger partial charge in [0.15, 0.2) is 5.82 Å². The molecule has 36 heavy (non-hydrogen) atoms. The van der Waals surface area contributed by atoms with E-state index in [1.165, 1.54) is 6.33 Å². The molecule has 188 valence electrons. The molecule has 0 aliphatic carbocycles. The second-order valence-electron chi connectivity index (χ2n) is 11.2. The zero-order valence-corrected chi connectivity index (χ0v) is 22.8. The molecule has 3 aromatic rings. The van der Waals surface area contributed by atoms with Crippen molar-refractivity contribution in [3.8, 4) is 11.5 Å². The summed E-state index contributed by atoms with van der Waals surface area (Å²) in [7, 11) is -1.64.